The molecule has 0 fully saturated rings. The lowest BCUT2D eigenvalue weighted by atomic mass is 10.0. The van der Waals surface area contributed by atoms with Crippen LogP contribution in [0, 0.1) is 5.92 Å². The molecule has 0 radical (unpaired) electrons. The maximum Gasteiger partial charge on any atom is 0.326 e. The highest BCUT2D eigenvalue weighted by molar-refractivity contribution is 7.98. The summed E-state index contributed by atoms with van der Waals surface area (Å²) in [5, 5.41) is 25.5. The smallest absolute Gasteiger partial charge is 0.326 e. The first-order valence-electron chi connectivity index (χ1n) is 10.7. The Morgan fingerprint density at radius 2 is 1.35 bits per heavy atom. The molecule has 0 heterocycles. The fraction of sp³-hybridized carbons (Fsp3) is 0.700. The Hall–Kier alpha value is -2.87. The van der Waals surface area contributed by atoms with Gasteiger partial charge < -0.3 is 37.6 Å². The van der Waals surface area contributed by atoms with Crippen molar-refractivity contribution in [2.45, 2.75) is 70.1 Å². The Bertz CT molecular complexity index is 748. The van der Waals surface area contributed by atoms with Crippen LogP contribution in [0.1, 0.15) is 46.0 Å². The number of nitrogens with two attached hydrogens (primary N) is 2. The highest BCUT2D eigenvalue weighted by atomic mass is 32.2. The maximum absolute atomic E-state index is 12.9. The van der Waals surface area contributed by atoms with E-state index < -0.39 is 72.6 Å². The first-order valence-corrected chi connectivity index (χ1v) is 12.1. The summed E-state index contributed by atoms with van der Waals surface area (Å²) in [6.07, 6.45) is 0.862. The first kappa shape index (κ1) is 31.1. The second kappa shape index (κ2) is 15.9. The van der Waals surface area contributed by atoms with E-state index in [-0.39, 0.29) is 25.2 Å². The lowest BCUT2D eigenvalue weighted by molar-refractivity contribution is -0.143. The molecule has 14 heteroatoms. The summed E-state index contributed by atoms with van der Waals surface area (Å²) in [4.78, 5) is 71.4. The Balaban J connectivity index is 5.54. The van der Waals surface area contributed by atoms with Crippen LogP contribution >= 0.6 is 11.8 Å². The summed E-state index contributed by atoms with van der Waals surface area (Å²) >= 11 is 1.39. The van der Waals surface area contributed by atoms with Gasteiger partial charge in [0.05, 0.1) is 12.5 Å². The number of aliphatic carboxylic acids is 2. The molecule has 0 rings (SSSR count). The number of amides is 4. The zero-order chi connectivity index (χ0) is 26.4. The van der Waals surface area contributed by atoms with Crippen molar-refractivity contribution in [1.82, 2.24) is 16.0 Å². The van der Waals surface area contributed by atoms with Gasteiger partial charge in [0.2, 0.25) is 23.6 Å². The predicted octanol–water partition coefficient (Wildman–Crippen LogP) is -1.61. The monoisotopic (exact) mass is 505 g/mol. The average Bonchev–Trinajstić information content (AvgIpc) is 2.71. The molecular formula is C20H35N5O8S. The standard InChI is InChI=1S/C20H35N5O8S/c1-10(2)8-14(20(32)33)25-18(30)12(4-5-16(27)28)24-19(31)13(6-7-34-3)23-17(29)11(21)9-15(22)26/h10-14H,4-9,21H2,1-3H3,(H2,22,26)(H,23,29)(H,24,31)(H,25,30)(H,27,28)(H,32,33). The summed E-state index contributed by atoms with van der Waals surface area (Å²) in [7, 11) is 0. The summed E-state index contributed by atoms with van der Waals surface area (Å²) in [5.74, 6) is -5.32. The van der Waals surface area contributed by atoms with Crippen LogP contribution < -0.4 is 27.4 Å². The molecule has 0 saturated heterocycles. The topological polar surface area (TPSA) is 231 Å². The lowest BCUT2D eigenvalue weighted by Crippen LogP contribution is -2.57. The van der Waals surface area contributed by atoms with Crippen LogP contribution in [0.25, 0.3) is 0 Å². The van der Waals surface area contributed by atoms with Crippen LogP contribution in [0.3, 0.4) is 0 Å². The summed E-state index contributed by atoms with van der Waals surface area (Å²) < 4.78 is 0. The number of primary amides is 1. The van der Waals surface area contributed by atoms with Crippen molar-refractivity contribution in [2.24, 2.45) is 17.4 Å². The number of hydrogen-bond donors (Lipinski definition) is 7. The van der Waals surface area contributed by atoms with Crippen LogP contribution in [0.2, 0.25) is 0 Å². The molecule has 4 amide bonds. The maximum atomic E-state index is 12.9. The Kier molecular flexibility index (Phi) is 14.5. The second-order valence-electron chi connectivity index (χ2n) is 8.14. The third-order valence-electron chi connectivity index (χ3n) is 4.60. The minimum Gasteiger partial charge on any atom is -0.481 e. The van der Waals surface area contributed by atoms with Gasteiger partial charge in [-0.25, -0.2) is 4.79 Å². The van der Waals surface area contributed by atoms with E-state index in [4.69, 9.17) is 16.6 Å². The number of rotatable bonds is 17. The van der Waals surface area contributed by atoms with Crippen LogP contribution in [0.4, 0.5) is 0 Å². The predicted molar refractivity (Wildman–Crippen MR) is 125 cm³/mol. The van der Waals surface area contributed by atoms with Crippen molar-refractivity contribution in [3.05, 3.63) is 0 Å². The van der Waals surface area contributed by atoms with Crippen molar-refractivity contribution in [1.29, 1.82) is 0 Å². The van der Waals surface area contributed by atoms with Gasteiger partial charge in [-0.05, 0) is 37.2 Å². The molecule has 0 aliphatic rings. The van der Waals surface area contributed by atoms with Crippen molar-refractivity contribution in [3.8, 4) is 0 Å². The molecule has 4 unspecified atom stereocenters. The van der Waals surface area contributed by atoms with E-state index in [1.807, 2.05) is 0 Å². The van der Waals surface area contributed by atoms with Gasteiger partial charge in [-0.2, -0.15) is 11.8 Å². The van der Waals surface area contributed by atoms with Crippen molar-refractivity contribution >= 4 is 47.3 Å². The van der Waals surface area contributed by atoms with Gasteiger partial charge in [0.1, 0.15) is 18.1 Å². The minimum atomic E-state index is -1.36. The van der Waals surface area contributed by atoms with Crippen LogP contribution in [0.5, 0.6) is 0 Å². The molecule has 0 bridgehead atoms. The zero-order valence-corrected chi connectivity index (χ0v) is 20.4. The van der Waals surface area contributed by atoms with E-state index in [2.05, 4.69) is 16.0 Å². The third-order valence-corrected chi connectivity index (χ3v) is 5.25. The first-order chi connectivity index (χ1) is 15.8. The number of carboxylic acids is 2. The number of carbonyl (C=O) groups is 6. The van der Waals surface area contributed by atoms with Gasteiger partial charge in [0.15, 0.2) is 0 Å². The van der Waals surface area contributed by atoms with Gasteiger partial charge in [-0.3, -0.25) is 24.0 Å². The van der Waals surface area contributed by atoms with Gasteiger partial charge >= 0.3 is 11.9 Å². The van der Waals surface area contributed by atoms with Crippen LogP contribution in [0.15, 0.2) is 0 Å². The molecule has 13 nitrogen and oxygen atoms in total. The average molecular weight is 506 g/mol. The second-order valence-corrected chi connectivity index (χ2v) is 9.13. The fourth-order valence-electron chi connectivity index (χ4n) is 2.87. The molecule has 194 valence electrons. The van der Waals surface area contributed by atoms with Gasteiger partial charge in [0, 0.05) is 6.42 Å². The van der Waals surface area contributed by atoms with Crippen molar-refractivity contribution < 1.29 is 39.0 Å². The SMILES string of the molecule is CSCCC(NC(=O)C(N)CC(N)=O)C(=O)NC(CCC(=O)O)C(=O)NC(CC(C)C)C(=O)O. The van der Waals surface area contributed by atoms with Gasteiger partial charge in [0.25, 0.3) is 0 Å². The lowest BCUT2D eigenvalue weighted by Gasteiger charge is -2.25. The zero-order valence-electron chi connectivity index (χ0n) is 19.5. The highest BCUT2D eigenvalue weighted by Crippen LogP contribution is 2.08. The molecule has 9 N–H and O–H groups in total. The minimum absolute atomic E-state index is 0.0517. The fourth-order valence-corrected chi connectivity index (χ4v) is 3.34. The largest absolute Gasteiger partial charge is 0.481 e. The van der Waals surface area contributed by atoms with E-state index in [9.17, 15) is 33.9 Å². The van der Waals surface area contributed by atoms with Crippen LogP contribution in [-0.4, -0.2) is 82.0 Å². The van der Waals surface area contributed by atoms with Crippen molar-refractivity contribution in [2.75, 3.05) is 12.0 Å². The Labute approximate surface area is 202 Å². The van der Waals surface area contributed by atoms with Gasteiger partial charge in [-0.15, -0.1) is 0 Å². The van der Waals surface area contributed by atoms with E-state index in [1.54, 1.807) is 20.1 Å². The molecular weight excluding hydrogens is 470 g/mol. The van der Waals surface area contributed by atoms with E-state index in [0.717, 1.165) is 0 Å². The number of thioether (sulfide) groups is 1. The van der Waals surface area contributed by atoms with Crippen molar-refractivity contribution in [3.63, 3.8) is 0 Å². The van der Waals surface area contributed by atoms with Crippen LogP contribution in [-0.2, 0) is 28.8 Å². The van der Waals surface area contributed by atoms with Gasteiger partial charge in [-0.1, -0.05) is 13.8 Å². The molecule has 0 aromatic carbocycles. The van der Waals surface area contributed by atoms with E-state index >= 15 is 0 Å². The number of carbonyl (C=O) groups excluding carboxylic acids is 4. The van der Waals surface area contributed by atoms with E-state index in [0.29, 0.717) is 5.75 Å². The molecule has 4 atom stereocenters. The number of nitrogens with one attached hydrogen (secondary N) is 3. The summed E-state index contributed by atoms with van der Waals surface area (Å²) in [6.45, 7) is 3.54. The molecule has 0 aliphatic heterocycles. The summed E-state index contributed by atoms with van der Waals surface area (Å²) in [6, 6.07) is -4.99. The Morgan fingerprint density at radius 3 is 1.79 bits per heavy atom. The quantitative estimate of drug-likeness (QED) is 0.119. The molecule has 0 aromatic heterocycles. The molecule has 0 aliphatic carbocycles. The third kappa shape index (κ3) is 13.0. The Morgan fingerprint density at radius 1 is 0.853 bits per heavy atom. The van der Waals surface area contributed by atoms with E-state index in [1.165, 1.54) is 11.8 Å². The number of carboxylic acid groups (broad SMARTS) is 2. The summed E-state index contributed by atoms with van der Waals surface area (Å²) in [5.41, 5.74) is 10.6. The molecule has 0 aromatic rings. The number of hydrogen-bond acceptors (Lipinski definition) is 8. The molecule has 34 heavy (non-hydrogen) atoms. The normalized spacial score (nSPS) is 14.4. The molecule has 0 saturated carbocycles. The molecule has 0 spiro atoms. The highest BCUT2D eigenvalue weighted by Gasteiger charge is 2.31.